The number of ether oxygens (including phenoxy) is 1. The zero-order valence-electron chi connectivity index (χ0n) is 17.8. The van der Waals surface area contributed by atoms with E-state index >= 15 is 0 Å². The van der Waals surface area contributed by atoms with Crippen molar-refractivity contribution in [3.8, 4) is 11.4 Å². The Bertz CT molecular complexity index is 1580. The highest BCUT2D eigenvalue weighted by atomic mass is 32.2. The van der Waals surface area contributed by atoms with Crippen LogP contribution in [0.5, 0.6) is 5.75 Å². The number of aromatic nitrogens is 4. The fourth-order valence-corrected chi connectivity index (χ4v) is 4.51. The van der Waals surface area contributed by atoms with Crippen molar-refractivity contribution in [3.63, 3.8) is 0 Å². The van der Waals surface area contributed by atoms with Gasteiger partial charge in [0.2, 0.25) is 0 Å². The molecule has 0 spiro atoms. The van der Waals surface area contributed by atoms with Gasteiger partial charge >= 0.3 is 0 Å². The first-order valence-electron chi connectivity index (χ1n) is 10.5. The van der Waals surface area contributed by atoms with Crippen LogP contribution >= 0.6 is 11.8 Å². The van der Waals surface area contributed by atoms with E-state index in [1.165, 1.54) is 11.8 Å². The van der Waals surface area contributed by atoms with Gasteiger partial charge in [-0.05, 0) is 55.5 Å². The molecule has 3 aromatic carbocycles. The molecule has 5 aromatic rings. The molecule has 0 saturated heterocycles. The van der Waals surface area contributed by atoms with Gasteiger partial charge in [0, 0.05) is 0 Å². The average molecular weight is 457 g/mol. The Morgan fingerprint density at radius 2 is 1.55 bits per heavy atom. The number of aromatic amines is 1. The molecule has 0 atom stereocenters. The molecule has 2 aromatic heterocycles. The third-order valence-electron chi connectivity index (χ3n) is 5.15. The molecule has 0 aliphatic rings. The minimum Gasteiger partial charge on any atom is -0.494 e. The summed E-state index contributed by atoms with van der Waals surface area (Å²) in [6.07, 6.45) is 0. The number of para-hydroxylation sites is 2. The number of rotatable bonds is 6. The molecule has 164 valence electrons. The number of hydrogen-bond acceptors (Lipinski definition) is 6. The molecular weight excluding hydrogens is 436 g/mol. The highest BCUT2D eigenvalue weighted by molar-refractivity contribution is 7.98. The van der Waals surface area contributed by atoms with Gasteiger partial charge in [-0.3, -0.25) is 14.2 Å². The van der Waals surface area contributed by atoms with Gasteiger partial charge in [-0.15, -0.1) is 0 Å². The zero-order valence-corrected chi connectivity index (χ0v) is 18.6. The van der Waals surface area contributed by atoms with Crippen LogP contribution in [0.1, 0.15) is 12.7 Å². The number of nitrogens with one attached hydrogen (secondary N) is 1. The largest absolute Gasteiger partial charge is 0.494 e. The summed E-state index contributed by atoms with van der Waals surface area (Å²) in [5.74, 6) is 1.60. The second kappa shape index (κ2) is 8.91. The molecular formula is C25H20N4O3S. The molecule has 0 fully saturated rings. The van der Waals surface area contributed by atoms with Crippen LogP contribution in [0.25, 0.3) is 27.5 Å². The van der Waals surface area contributed by atoms with E-state index in [4.69, 9.17) is 9.72 Å². The van der Waals surface area contributed by atoms with Crippen LogP contribution in [0.2, 0.25) is 0 Å². The Kier molecular flexibility index (Phi) is 5.66. The van der Waals surface area contributed by atoms with E-state index in [0.29, 0.717) is 50.8 Å². The quantitative estimate of drug-likeness (QED) is 0.302. The molecule has 0 amide bonds. The minimum atomic E-state index is -0.188. The van der Waals surface area contributed by atoms with E-state index in [1.54, 1.807) is 16.7 Å². The van der Waals surface area contributed by atoms with Crippen LogP contribution in [0.3, 0.4) is 0 Å². The SMILES string of the molecule is CCOc1ccc(-n2c(SCc3nc4ccccc4c(=O)[nH]3)nc3ccccc3c2=O)cc1. The Morgan fingerprint density at radius 1 is 0.879 bits per heavy atom. The highest BCUT2D eigenvalue weighted by Gasteiger charge is 2.14. The molecule has 0 unspecified atom stereocenters. The van der Waals surface area contributed by atoms with Crippen LogP contribution in [-0.2, 0) is 5.75 Å². The van der Waals surface area contributed by atoms with Gasteiger partial charge in [0.05, 0.1) is 39.9 Å². The lowest BCUT2D eigenvalue weighted by Crippen LogP contribution is -2.22. The van der Waals surface area contributed by atoms with Gasteiger partial charge in [-0.2, -0.15) is 0 Å². The van der Waals surface area contributed by atoms with Crippen molar-refractivity contribution in [2.24, 2.45) is 0 Å². The Hall–Kier alpha value is -3.91. The zero-order chi connectivity index (χ0) is 22.8. The molecule has 33 heavy (non-hydrogen) atoms. The summed E-state index contributed by atoms with van der Waals surface area (Å²) in [4.78, 5) is 38.0. The van der Waals surface area contributed by atoms with E-state index < -0.39 is 0 Å². The summed E-state index contributed by atoms with van der Waals surface area (Å²) in [5, 5.41) is 1.59. The fourth-order valence-electron chi connectivity index (χ4n) is 3.63. The van der Waals surface area contributed by atoms with Crippen molar-refractivity contribution >= 4 is 33.6 Å². The molecule has 0 saturated carbocycles. The van der Waals surface area contributed by atoms with Crippen LogP contribution in [0.4, 0.5) is 0 Å². The summed E-state index contributed by atoms with van der Waals surface area (Å²) in [6, 6.07) is 21.8. The number of hydrogen-bond donors (Lipinski definition) is 1. The van der Waals surface area contributed by atoms with E-state index in [-0.39, 0.29) is 11.1 Å². The van der Waals surface area contributed by atoms with Gasteiger partial charge in [0.15, 0.2) is 5.16 Å². The van der Waals surface area contributed by atoms with Crippen molar-refractivity contribution in [2.45, 2.75) is 17.8 Å². The summed E-state index contributed by atoms with van der Waals surface area (Å²) >= 11 is 1.34. The lowest BCUT2D eigenvalue weighted by Gasteiger charge is -2.14. The first-order chi connectivity index (χ1) is 16.1. The topological polar surface area (TPSA) is 89.9 Å². The number of benzene rings is 3. The van der Waals surface area contributed by atoms with Gasteiger partial charge < -0.3 is 9.72 Å². The summed E-state index contributed by atoms with van der Waals surface area (Å²) in [5.41, 5.74) is 1.59. The molecule has 7 nitrogen and oxygen atoms in total. The van der Waals surface area contributed by atoms with Crippen LogP contribution < -0.4 is 15.9 Å². The molecule has 0 radical (unpaired) electrons. The van der Waals surface area contributed by atoms with E-state index in [2.05, 4.69) is 9.97 Å². The molecule has 1 N–H and O–H groups in total. The number of thioether (sulfide) groups is 1. The van der Waals surface area contributed by atoms with Gasteiger partial charge in [-0.1, -0.05) is 36.0 Å². The molecule has 0 bridgehead atoms. The van der Waals surface area contributed by atoms with Crippen molar-refractivity contribution in [1.82, 2.24) is 19.5 Å². The van der Waals surface area contributed by atoms with Crippen LogP contribution in [0, 0.1) is 0 Å². The number of fused-ring (bicyclic) bond motifs is 2. The Morgan fingerprint density at radius 3 is 2.27 bits per heavy atom. The normalized spacial score (nSPS) is 11.2. The maximum atomic E-state index is 13.4. The lowest BCUT2D eigenvalue weighted by atomic mass is 10.2. The monoisotopic (exact) mass is 456 g/mol. The van der Waals surface area contributed by atoms with Gasteiger partial charge in [0.25, 0.3) is 11.1 Å². The first kappa shape index (κ1) is 21.0. The molecule has 5 rings (SSSR count). The maximum Gasteiger partial charge on any atom is 0.266 e. The molecule has 2 heterocycles. The molecule has 0 aliphatic carbocycles. The molecule has 0 aliphatic heterocycles. The second-order valence-electron chi connectivity index (χ2n) is 7.30. The van der Waals surface area contributed by atoms with Crippen molar-refractivity contribution < 1.29 is 4.74 Å². The standard InChI is InChI=1S/C25H20N4O3S/c1-2-32-17-13-11-16(12-14-17)29-24(31)19-8-4-6-10-21(19)27-25(29)33-15-22-26-20-9-5-3-7-18(20)23(30)28-22/h3-14H,2,15H2,1H3,(H,26,28,30). The Balaban J connectivity index is 1.57. The summed E-state index contributed by atoms with van der Waals surface area (Å²) < 4.78 is 7.11. The molecule has 8 heteroatoms. The van der Waals surface area contributed by atoms with E-state index in [1.807, 2.05) is 67.6 Å². The predicted octanol–water partition coefficient (Wildman–Crippen LogP) is 4.31. The van der Waals surface area contributed by atoms with Gasteiger partial charge in [-0.25, -0.2) is 9.97 Å². The van der Waals surface area contributed by atoms with Crippen molar-refractivity contribution in [1.29, 1.82) is 0 Å². The highest BCUT2D eigenvalue weighted by Crippen LogP contribution is 2.25. The van der Waals surface area contributed by atoms with Crippen molar-refractivity contribution in [3.05, 3.63) is 99.3 Å². The summed E-state index contributed by atoms with van der Waals surface area (Å²) in [6.45, 7) is 2.49. The number of nitrogens with zero attached hydrogens (tertiary/aromatic N) is 3. The smallest absolute Gasteiger partial charge is 0.266 e. The first-order valence-corrected chi connectivity index (χ1v) is 11.5. The van der Waals surface area contributed by atoms with Crippen LogP contribution in [0.15, 0.2) is 87.5 Å². The third-order valence-corrected chi connectivity index (χ3v) is 6.10. The number of H-pyrrole nitrogens is 1. The van der Waals surface area contributed by atoms with Gasteiger partial charge in [0.1, 0.15) is 11.6 Å². The third kappa shape index (κ3) is 4.12. The van der Waals surface area contributed by atoms with Crippen molar-refractivity contribution in [2.75, 3.05) is 6.61 Å². The lowest BCUT2D eigenvalue weighted by molar-refractivity contribution is 0.340. The second-order valence-corrected chi connectivity index (χ2v) is 8.24. The minimum absolute atomic E-state index is 0.160. The average Bonchev–Trinajstić information content (AvgIpc) is 2.84. The predicted molar refractivity (Wildman–Crippen MR) is 130 cm³/mol. The van der Waals surface area contributed by atoms with E-state index in [9.17, 15) is 9.59 Å². The van der Waals surface area contributed by atoms with Crippen LogP contribution in [-0.4, -0.2) is 26.1 Å². The Labute approximate surface area is 193 Å². The summed E-state index contributed by atoms with van der Waals surface area (Å²) in [7, 11) is 0. The van der Waals surface area contributed by atoms with E-state index in [0.717, 1.165) is 5.75 Å². The fraction of sp³-hybridized carbons (Fsp3) is 0.120. The maximum absolute atomic E-state index is 13.4.